The van der Waals surface area contributed by atoms with Crippen molar-refractivity contribution in [3.05, 3.63) is 36.5 Å². The third kappa shape index (κ3) is 58.4. The molecule has 74 heavy (non-hydrogen) atoms. The third-order valence-corrected chi connectivity index (χ3v) is 15.8. The number of hydrogen-bond acceptors (Lipinski definition) is 5. The number of hydrogen-bond donors (Lipinski definition) is 3. The summed E-state index contributed by atoms with van der Waals surface area (Å²) < 4.78 is 23.7. The number of quaternary nitrogens is 1. The van der Waals surface area contributed by atoms with Gasteiger partial charge in [0.1, 0.15) is 13.2 Å². The summed E-state index contributed by atoms with van der Waals surface area (Å²) >= 11 is 0. The summed E-state index contributed by atoms with van der Waals surface area (Å²) in [6, 6.07) is -0.869. The Hall–Kier alpha value is -1.28. The molecule has 0 aromatic rings. The van der Waals surface area contributed by atoms with Gasteiger partial charge < -0.3 is 19.8 Å². The number of allylic oxidation sites excluding steroid dienone is 5. The first kappa shape index (κ1) is 72.7. The first-order chi connectivity index (χ1) is 36.0. The number of amides is 1. The Bertz CT molecular complexity index is 1300. The number of phosphoric acid groups is 1. The van der Waals surface area contributed by atoms with E-state index in [0.717, 1.165) is 44.9 Å². The van der Waals surface area contributed by atoms with Gasteiger partial charge in [0.15, 0.2) is 0 Å². The Morgan fingerprint density at radius 1 is 0.446 bits per heavy atom. The van der Waals surface area contributed by atoms with Gasteiger partial charge in [-0.15, -0.1) is 0 Å². The lowest BCUT2D eigenvalue weighted by atomic mass is 10.0. The van der Waals surface area contributed by atoms with Crippen molar-refractivity contribution in [2.45, 2.75) is 334 Å². The molecule has 438 valence electrons. The molecule has 0 fully saturated rings. The van der Waals surface area contributed by atoms with Gasteiger partial charge in [-0.1, -0.05) is 307 Å². The SMILES string of the molecule is CCCCCCCCCCCCCCC/C=C/CC/C=C/CC/C=C/C(O)C(COP(=O)(O)OCC[N+](C)(C)C)NC(=O)CCCCCCCCCCCCCCCCCCCCCCCCCCCCCCC. The molecule has 0 aliphatic carbocycles. The lowest BCUT2D eigenvalue weighted by Crippen LogP contribution is -2.45. The van der Waals surface area contributed by atoms with Crippen LogP contribution in [-0.4, -0.2) is 73.4 Å². The normalized spacial score (nSPS) is 14.0. The minimum absolute atomic E-state index is 0.0553. The molecule has 3 atom stereocenters. The van der Waals surface area contributed by atoms with Crippen molar-refractivity contribution >= 4 is 13.7 Å². The lowest BCUT2D eigenvalue weighted by molar-refractivity contribution is -0.870. The van der Waals surface area contributed by atoms with Crippen LogP contribution in [-0.2, 0) is 18.4 Å². The number of nitrogens with one attached hydrogen (secondary N) is 1. The van der Waals surface area contributed by atoms with E-state index in [1.807, 2.05) is 27.2 Å². The summed E-state index contributed by atoms with van der Waals surface area (Å²) in [4.78, 5) is 23.4. The Morgan fingerprint density at radius 2 is 0.743 bits per heavy atom. The second-order valence-corrected chi connectivity index (χ2v) is 24.9. The third-order valence-electron chi connectivity index (χ3n) is 14.8. The number of carbonyl (C=O) groups is 1. The monoisotopic (exact) mass is 1060 g/mol. The molecule has 0 spiro atoms. The van der Waals surface area contributed by atoms with E-state index in [1.54, 1.807) is 6.08 Å². The van der Waals surface area contributed by atoms with Gasteiger partial charge in [0, 0.05) is 6.42 Å². The van der Waals surface area contributed by atoms with E-state index < -0.39 is 20.0 Å². The highest BCUT2D eigenvalue weighted by Gasteiger charge is 2.27. The summed E-state index contributed by atoms with van der Waals surface area (Å²) in [5.41, 5.74) is 0. The van der Waals surface area contributed by atoms with Crippen molar-refractivity contribution in [2.75, 3.05) is 40.9 Å². The van der Waals surface area contributed by atoms with Crippen molar-refractivity contribution < 1.29 is 32.9 Å². The van der Waals surface area contributed by atoms with Gasteiger partial charge in [-0.25, -0.2) is 4.57 Å². The highest BCUT2D eigenvalue weighted by atomic mass is 31.2. The van der Waals surface area contributed by atoms with E-state index in [0.29, 0.717) is 17.4 Å². The first-order valence-corrected chi connectivity index (χ1v) is 33.9. The van der Waals surface area contributed by atoms with Crippen molar-refractivity contribution in [3.63, 3.8) is 0 Å². The predicted molar refractivity (Wildman–Crippen MR) is 323 cm³/mol. The molecule has 1 amide bonds. The number of aliphatic hydroxyl groups excluding tert-OH is 1. The Morgan fingerprint density at radius 3 is 1.08 bits per heavy atom. The lowest BCUT2D eigenvalue weighted by Gasteiger charge is -2.25. The smallest absolute Gasteiger partial charge is 0.387 e. The molecule has 3 unspecified atom stereocenters. The van der Waals surface area contributed by atoms with E-state index in [1.165, 1.54) is 257 Å². The van der Waals surface area contributed by atoms with Crippen LogP contribution in [0.5, 0.6) is 0 Å². The van der Waals surface area contributed by atoms with Gasteiger partial charge in [-0.2, -0.15) is 0 Å². The summed E-state index contributed by atoms with van der Waals surface area (Å²) in [6.07, 6.45) is 74.2. The largest absolute Gasteiger partial charge is 0.472 e. The highest BCUT2D eigenvalue weighted by molar-refractivity contribution is 7.47. The maximum atomic E-state index is 13.0. The van der Waals surface area contributed by atoms with Crippen LogP contribution in [0.3, 0.4) is 0 Å². The fourth-order valence-electron chi connectivity index (χ4n) is 9.78. The van der Waals surface area contributed by atoms with Gasteiger partial charge >= 0.3 is 7.82 Å². The van der Waals surface area contributed by atoms with Gasteiger partial charge in [0.05, 0.1) is 39.9 Å². The zero-order chi connectivity index (χ0) is 54.2. The maximum Gasteiger partial charge on any atom is 0.472 e. The molecule has 0 bridgehead atoms. The summed E-state index contributed by atoms with van der Waals surface area (Å²) in [5, 5.41) is 14.0. The van der Waals surface area contributed by atoms with Crippen LogP contribution in [0.4, 0.5) is 0 Å². The Balaban J connectivity index is 4.14. The molecule has 0 aliphatic rings. The molecule has 0 aromatic heterocycles. The number of aliphatic hydroxyl groups is 1. The summed E-state index contributed by atoms with van der Waals surface area (Å²) in [6.45, 7) is 4.84. The van der Waals surface area contributed by atoms with Gasteiger partial charge in [0.25, 0.3) is 0 Å². The molecule has 0 heterocycles. The average molecular weight is 1060 g/mol. The van der Waals surface area contributed by atoms with E-state index in [9.17, 15) is 19.4 Å². The van der Waals surface area contributed by atoms with E-state index in [2.05, 4.69) is 43.5 Å². The van der Waals surface area contributed by atoms with Crippen molar-refractivity contribution in [1.29, 1.82) is 0 Å². The molecular formula is C65H128N2O6P+. The topological polar surface area (TPSA) is 105 Å². The summed E-state index contributed by atoms with van der Waals surface area (Å²) in [5.74, 6) is -0.184. The van der Waals surface area contributed by atoms with Crippen molar-refractivity contribution in [3.8, 4) is 0 Å². The molecule has 3 N–H and O–H groups in total. The molecular weight excluding hydrogens is 936 g/mol. The van der Waals surface area contributed by atoms with E-state index >= 15 is 0 Å². The molecule has 8 nitrogen and oxygen atoms in total. The van der Waals surface area contributed by atoms with Crippen LogP contribution >= 0.6 is 7.82 Å². The number of unbranched alkanes of at least 4 members (excludes halogenated alkanes) is 43. The Kier molecular flexibility index (Phi) is 55.5. The van der Waals surface area contributed by atoms with Gasteiger partial charge in [-0.05, 0) is 44.9 Å². The minimum Gasteiger partial charge on any atom is -0.387 e. The zero-order valence-electron chi connectivity index (χ0n) is 50.1. The number of likely N-dealkylation sites (N-methyl/N-ethyl adjacent to an activating group) is 1. The quantitative estimate of drug-likeness (QED) is 0.0243. The zero-order valence-corrected chi connectivity index (χ0v) is 51.0. The standard InChI is InChI=1S/C65H127N2O6P/c1-6-8-10-12-14-16-18-20-22-24-26-28-30-31-32-33-34-35-37-39-41-43-45-47-49-51-53-55-57-59-65(69)66-63(62-73-74(70,71)72-61-60-67(3,4)5)64(68)58-56-54-52-50-48-46-44-42-40-38-36-29-27-25-23-21-19-17-15-13-11-9-7-2/h40,42,48,50,56,58,63-64,68H,6-39,41,43-47,49,51-55,57,59-62H2,1-5H3,(H-,66,69,70,71)/p+1/b42-40+,50-48+,58-56+. The number of carbonyl (C=O) groups excluding carboxylic acids is 1. The van der Waals surface area contributed by atoms with Crippen molar-refractivity contribution in [1.82, 2.24) is 5.32 Å². The second-order valence-electron chi connectivity index (χ2n) is 23.5. The minimum atomic E-state index is -4.36. The second kappa shape index (κ2) is 56.4. The Labute approximate surface area is 461 Å². The molecule has 0 aromatic carbocycles. The predicted octanol–water partition coefficient (Wildman–Crippen LogP) is 20.1. The number of rotatable bonds is 60. The number of phosphoric ester groups is 1. The molecule has 0 rings (SSSR count). The van der Waals surface area contributed by atoms with Crippen LogP contribution in [0.15, 0.2) is 36.5 Å². The summed E-state index contributed by atoms with van der Waals surface area (Å²) in [7, 11) is 1.56. The maximum absolute atomic E-state index is 13.0. The fraction of sp³-hybridized carbons (Fsp3) is 0.892. The van der Waals surface area contributed by atoms with Crippen LogP contribution in [0.25, 0.3) is 0 Å². The average Bonchev–Trinajstić information content (AvgIpc) is 3.36. The number of nitrogens with zero attached hydrogens (tertiary/aromatic N) is 1. The van der Waals surface area contributed by atoms with Gasteiger partial charge in [0.2, 0.25) is 5.91 Å². The van der Waals surface area contributed by atoms with Gasteiger partial charge in [-0.3, -0.25) is 13.8 Å². The van der Waals surface area contributed by atoms with Crippen LogP contribution < -0.4 is 5.32 Å². The fourth-order valence-corrected chi connectivity index (χ4v) is 10.5. The molecule has 0 saturated carbocycles. The molecule has 0 saturated heterocycles. The van der Waals surface area contributed by atoms with Crippen molar-refractivity contribution in [2.24, 2.45) is 0 Å². The molecule has 0 radical (unpaired) electrons. The first-order valence-electron chi connectivity index (χ1n) is 32.4. The van der Waals surface area contributed by atoms with Crippen LogP contribution in [0.2, 0.25) is 0 Å². The molecule has 9 heteroatoms. The van der Waals surface area contributed by atoms with E-state index in [-0.39, 0.29) is 19.1 Å². The van der Waals surface area contributed by atoms with Crippen LogP contribution in [0, 0.1) is 0 Å². The molecule has 0 aliphatic heterocycles. The van der Waals surface area contributed by atoms with Crippen LogP contribution in [0.1, 0.15) is 322 Å². The highest BCUT2D eigenvalue weighted by Crippen LogP contribution is 2.43. The van der Waals surface area contributed by atoms with E-state index in [4.69, 9.17) is 9.05 Å².